The van der Waals surface area contributed by atoms with Gasteiger partial charge in [0.1, 0.15) is 17.4 Å². The summed E-state index contributed by atoms with van der Waals surface area (Å²) in [5, 5.41) is 27.4. The molecule has 1 aromatic carbocycles. The van der Waals surface area contributed by atoms with Crippen molar-refractivity contribution in [1.29, 1.82) is 5.26 Å². The summed E-state index contributed by atoms with van der Waals surface area (Å²) in [5.41, 5.74) is 1.14. The summed E-state index contributed by atoms with van der Waals surface area (Å²) in [5.74, 6) is -0.115. The van der Waals surface area contributed by atoms with E-state index in [9.17, 15) is 9.90 Å². The Bertz CT molecular complexity index is 615. The smallest absolute Gasteiger partial charge is 0.263 e. The van der Waals surface area contributed by atoms with E-state index in [2.05, 4.69) is 20.9 Å². The third-order valence-corrected chi connectivity index (χ3v) is 4.03. The van der Waals surface area contributed by atoms with Crippen LogP contribution in [0.2, 0.25) is 0 Å². The van der Waals surface area contributed by atoms with Gasteiger partial charge in [-0.1, -0.05) is 12.1 Å². The molecule has 1 fully saturated rings. The number of nitrogens with zero attached hydrogens (tertiary/aromatic N) is 2. The second kappa shape index (κ2) is 10.3. The zero-order valence-electron chi connectivity index (χ0n) is 14.3. The topological polar surface area (TPSA) is 100 Å². The van der Waals surface area contributed by atoms with Crippen molar-refractivity contribution >= 4 is 5.91 Å². The highest BCUT2D eigenvalue weighted by Crippen LogP contribution is 2.09. The molecule has 1 saturated heterocycles. The first-order valence-corrected chi connectivity index (χ1v) is 8.52. The van der Waals surface area contributed by atoms with E-state index in [0.29, 0.717) is 13.1 Å². The van der Waals surface area contributed by atoms with Crippen LogP contribution in [0.15, 0.2) is 36.0 Å². The van der Waals surface area contributed by atoms with Crippen LogP contribution in [0.3, 0.4) is 0 Å². The number of benzene rings is 1. The zero-order valence-corrected chi connectivity index (χ0v) is 14.3. The predicted molar refractivity (Wildman–Crippen MR) is 95.8 cm³/mol. The Balaban J connectivity index is 1.68. The van der Waals surface area contributed by atoms with Gasteiger partial charge >= 0.3 is 0 Å². The Morgan fingerprint density at radius 3 is 2.68 bits per heavy atom. The van der Waals surface area contributed by atoms with Gasteiger partial charge in [0.15, 0.2) is 0 Å². The number of hydrogen-bond donors (Lipinski definition) is 4. The highest BCUT2D eigenvalue weighted by Gasteiger charge is 2.11. The molecule has 1 aliphatic rings. The minimum absolute atomic E-state index is 0.0750. The fraction of sp³-hybridized carbons (Fsp3) is 0.444. The van der Waals surface area contributed by atoms with Gasteiger partial charge in [0, 0.05) is 52.0 Å². The molecule has 0 radical (unpaired) electrons. The maximum absolute atomic E-state index is 12.0. The molecule has 0 atom stereocenters. The molecule has 0 unspecified atom stereocenters. The number of piperazine rings is 1. The lowest BCUT2D eigenvalue weighted by Gasteiger charge is -2.27. The van der Waals surface area contributed by atoms with Gasteiger partial charge in [0.2, 0.25) is 0 Å². The molecule has 2 rings (SSSR count). The highest BCUT2D eigenvalue weighted by atomic mass is 16.3. The monoisotopic (exact) mass is 343 g/mol. The maximum atomic E-state index is 12.0. The summed E-state index contributed by atoms with van der Waals surface area (Å²) in [6.45, 7) is 5.84. The van der Waals surface area contributed by atoms with Gasteiger partial charge < -0.3 is 21.1 Å². The lowest BCUT2D eigenvalue weighted by Crippen LogP contribution is -2.46. The van der Waals surface area contributed by atoms with E-state index in [-0.39, 0.29) is 17.2 Å². The van der Waals surface area contributed by atoms with Crippen molar-refractivity contribution in [2.75, 3.05) is 45.8 Å². The standard InChI is InChI=1S/C18H25N5O2/c19-13-16(14-21-6-5-15-1-3-17(24)4-2-15)18(25)22-9-12-23-10-7-20-8-11-23/h1-4,14,20-21,24H,5-12H2,(H,22,25)/b16-14-. The minimum atomic E-state index is -0.352. The molecule has 1 aliphatic heterocycles. The molecule has 7 nitrogen and oxygen atoms in total. The summed E-state index contributed by atoms with van der Waals surface area (Å²) in [6, 6.07) is 8.88. The fourth-order valence-corrected chi connectivity index (χ4v) is 2.56. The van der Waals surface area contributed by atoms with Crippen molar-refractivity contribution in [3.63, 3.8) is 0 Å². The largest absolute Gasteiger partial charge is 0.508 e. The molecule has 0 aliphatic carbocycles. The van der Waals surface area contributed by atoms with Crippen LogP contribution < -0.4 is 16.0 Å². The van der Waals surface area contributed by atoms with Crippen LogP contribution >= 0.6 is 0 Å². The second-order valence-corrected chi connectivity index (χ2v) is 5.89. The van der Waals surface area contributed by atoms with Crippen LogP contribution in [-0.2, 0) is 11.2 Å². The number of carbonyl (C=O) groups excluding carboxylic acids is 1. The van der Waals surface area contributed by atoms with Gasteiger partial charge in [-0.05, 0) is 24.1 Å². The van der Waals surface area contributed by atoms with E-state index in [0.717, 1.165) is 44.7 Å². The van der Waals surface area contributed by atoms with E-state index >= 15 is 0 Å². The van der Waals surface area contributed by atoms with E-state index in [1.807, 2.05) is 18.2 Å². The van der Waals surface area contributed by atoms with E-state index in [4.69, 9.17) is 5.26 Å². The van der Waals surface area contributed by atoms with Crippen LogP contribution in [0.4, 0.5) is 0 Å². The molecule has 1 aromatic rings. The highest BCUT2D eigenvalue weighted by molar-refractivity contribution is 5.97. The van der Waals surface area contributed by atoms with Gasteiger partial charge in [-0.3, -0.25) is 9.69 Å². The first-order valence-electron chi connectivity index (χ1n) is 8.52. The molecule has 1 heterocycles. The number of phenols is 1. The first-order chi connectivity index (χ1) is 12.2. The quantitative estimate of drug-likeness (QED) is 0.300. The van der Waals surface area contributed by atoms with Crippen molar-refractivity contribution in [1.82, 2.24) is 20.9 Å². The van der Waals surface area contributed by atoms with Crippen molar-refractivity contribution in [3.8, 4) is 11.8 Å². The zero-order chi connectivity index (χ0) is 17.9. The van der Waals surface area contributed by atoms with E-state index in [1.54, 1.807) is 12.1 Å². The Morgan fingerprint density at radius 2 is 2.00 bits per heavy atom. The molecule has 25 heavy (non-hydrogen) atoms. The lowest BCUT2D eigenvalue weighted by molar-refractivity contribution is -0.117. The van der Waals surface area contributed by atoms with Crippen molar-refractivity contribution < 1.29 is 9.90 Å². The number of nitriles is 1. The van der Waals surface area contributed by atoms with Crippen LogP contribution in [-0.4, -0.2) is 61.7 Å². The summed E-state index contributed by atoms with van der Waals surface area (Å²) >= 11 is 0. The third-order valence-electron chi connectivity index (χ3n) is 4.03. The summed E-state index contributed by atoms with van der Waals surface area (Å²) in [6.07, 6.45) is 2.20. The third kappa shape index (κ3) is 6.83. The van der Waals surface area contributed by atoms with Gasteiger partial charge in [-0.25, -0.2) is 0 Å². The molecule has 1 amide bonds. The molecular weight excluding hydrogens is 318 g/mol. The van der Waals surface area contributed by atoms with Crippen LogP contribution in [0.1, 0.15) is 5.56 Å². The first kappa shape index (κ1) is 18.8. The molecule has 4 N–H and O–H groups in total. The molecule has 0 bridgehead atoms. The average Bonchev–Trinajstić information content (AvgIpc) is 2.64. The van der Waals surface area contributed by atoms with Crippen LogP contribution in [0.25, 0.3) is 0 Å². The molecule has 0 spiro atoms. The van der Waals surface area contributed by atoms with Crippen LogP contribution in [0, 0.1) is 11.3 Å². The van der Waals surface area contributed by atoms with Crippen LogP contribution in [0.5, 0.6) is 5.75 Å². The molecule has 134 valence electrons. The number of nitrogens with one attached hydrogen (secondary N) is 3. The van der Waals surface area contributed by atoms with Crippen molar-refractivity contribution in [2.45, 2.75) is 6.42 Å². The Hall–Kier alpha value is -2.56. The number of carbonyl (C=O) groups is 1. The summed E-state index contributed by atoms with van der Waals surface area (Å²) in [7, 11) is 0. The Labute approximate surface area is 148 Å². The maximum Gasteiger partial charge on any atom is 0.263 e. The molecule has 7 heteroatoms. The van der Waals surface area contributed by atoms with Crippen molar-refractivity contribution in [2.24, 2.45) is 0 Å². The predicted octanol–water partition coefficient (Wildman–Crippen LogP) is -0.0468. The Kier molecular flexibility index (Phi) is 7.76. The van der Waals surface area contributed by atoms with Gasteiger partial charge in [-0.2, -0.15) is 5.26 Å². The van der Waals surface area contributed by atoms with Gasteiger partial charge in [0.05, 0.1) is 0 Å². The summed E-state index contributed by atoms with van der Waals surface area (Å²) < 4.78 is 0. The number of phenolic OH excluding ortho intramolecular Hbond substituents is 1. The molecule has 0 aromatic heterocycles. The number of amides is 1. The van der Waals surface area contributed by atoms with E-state index in [1.165, 1.54) is 6.20 Å². The Morgan fingerprint density at radius 1 is 1.28 bits per heavy atom. The van der Waals surface area contributed by atoms with Gasteiger partial charge in [-0.15, -0.1) is 0 Å². The minimum Gasteiger partial charge on any atom is -0.508 e. The summed E-state index contributed by atoms with van der Waals surface area (Å²) in [4.78, 5) is 14.3. The van der Waals surface area contributed by atoms with E-state index < -0.39 is 0 Å². The van der Waals surface area contributed by atoms with Gasteiger partial charge in [0.25, 0.3) is 5.91 Å². The lowest BCUT2D eigenvalue weighted by atomic mass is 10.1. The average molecular weight is 343 g/mol. The number of rotatable bonds is 8. The molecular formula is C18H25N5O2. The second-order valence-electron chi connectivity index (χ2n) is 5.89. The van der Waals surface area contributed by atoms with Crippen molar-refractivity contribution in [3.05, 3.63) is 41.6 Å². The molecule has 0 saturated carbocycles. The fourth-order valence-electron chi connectivity index (χ4n) is 2.56. The number of hydrogen-bond acceptors (Lipinski definition) is 6. The SMILES string of the molecule is N#C/C(=C/NCCc1ccc(O)cc1)C(=O)NCCN1CCNCC1. The number of aromatic hydroxyl groups is 1. The normalized spacial score (nSPS) is 15.4.